The van der Waals surface area contributed by atoms with Crippen LogP contribution in [-0.4, -0.2) is 35.7 Å². The summed E-state index contributed by atoms with van der Waals surface area (Å²) in [6.07, 6.45) is 1.83. The van der Waals surface area contributed by atoms with Crippen molar-refractivity contribution < 1.29 is 19.4 Å². The lowest BCUT2D eigenvalue weighted by molar-refractivity contribution is -0.122. The quantitative estimate of drug-likeness (QED) is 0.857. The van der Waals surface area contributed by atoms with Gasteiger partial charge in [0.1, 0.15) is 0 Å². The molecule has 108 valence electrons. The Morgan fingerprint density at radius 3 is 2.60 bits per heavy atom. The molecule has 0 saturated carbocycles. The van der Waals surface area contributed by atoms with Crippen molar-refractivity contribution in [2.24, 2.45) is 0 Å². The first-order valence-electron chi connectivity index (χ1n) is 6.69. The van der Waals surface area contributed by atoms with Crippen molar-refractivity contribution in [3.05, 3.63) is 35.4 Å². The largest absolute Gasteiger partial charge is 0.478 e. The van der Waals surface area contributed by atoms with E-state index in [0.29, 0.717) is 26.1 Å². The molecule has 1 aliphatic rings. The van der Waals surface area contributed by atoms with Gasteiger partial charge in [0, 0.05) is 13.0 Å². The van der Waals surface area contributed by atoms with Gasteiger partial charge < -0.3 is 15.2 Å². The van der Waals surface area contributed by atoms with Gasteiger partial charge in [-0.05, 0) is 37.5 Å². The van der Waals surface area contributed by atoms with E-state index in [-0.39, 0.29) is 17.0 Å². The van der Waals surface area contributed by atoms with Gasteiger partial charge in [0.05, 0.1) is 17.7 Å². The number of amides is 1. The number of carbonyl (C=O) groups excluding carboxylic acids is 1. The predicted molar refractivity (Wildman–Crippen MR) is 73.7 cm³/mol. The minimum absolute atomic E-state index is 0.000288. The Bertz CT molecular complexity index is 489. The number of carbonyl (C=O) groups is 2. The van der Waals surface area contributed by atoms with Gasteiger partial charge in [-0.3, -0.25) is 4.79 Å². The van der Waals surface area contributed by atoms with Crippen LogP contribution < -0.4 is 5.32 Å². The summed E-state index contributed by atoms with van der Waals surface area (Å²) in [6, 6.07) is 6.61. The summed E-state index contributed by atoms with van der Waals surface area (Å²) in [4.78, 5) is 22.6. The summed E-state index contributed by atoms with van der Waals surface area (Å²) < 4.78 is 5.29. The number of benzene rings is 1. The molecule has 0 unspecified atom stereocenters. The zero-order chi connectivity index (χ0) is 14.6. The van der Waals surface area contributed by atoms with E-state index >= 15 is 0 Å². The van der Waals surface area contributed by atoms with Crippen LogP contribution >= 0.6 is 0 Å². The zero-order valence-electron chi connectivity index (χ0n) is 11.5. The fourth-order valence-corrected chi connectivity index (χ4v) is 2.24. The number of aryl methyl sites for hydroxylation is 1. The molecule has 0 radical (unpaired) electrons. The molecule has 1 aliphatic heterocycles. The second-order valence-electron chi connectivity index (χ2n) is 5.41. The monoisotopic (exact) mass is 277 g/mol. The number of aromatic carboxylic acids is 1. The van der Waals surface area contributed by atoms with Gasteiger partial charge in [-0.25, -0.2) is 4.79 Å². The maximum atomic E-state index is 11.9. The molecule has 0 bridgehead atoms. The highest BCUT2D eigenvalue weighted by atomic mass is 16.5. The highest BCUT2D eigenvalue weighted by molar-refractivity contribution is 5.87. The summed E-state index contributed by atoms with van der Waals surface area (Å²) in [5.41, 5.74) is 0.969. The Hall–Kier alpha value is -1.88. The summed E-state index contributed by atoms with van der Waals surface area (Å²) in [5, 5.41) is 11.8. The Labute approximate surface area is 117 Å². The maximum absolute atomic E-state index is 11.9. The van der Waals surface area contributed by atoms with E-state index in [9.17, 15) is 9.59 Å². The topological polar surface area (TPSA) is 75.6 Å². The van der Waals surface area contributed by atoms with Crippen molar-refractivity contribution in [1.82, 2.24) is 5.32 Å². The van der Waals surface area contributed by atoms with E-state index in [0.717, 1.165) is 12.0 Å². The Morgan fingerprint density at radius 2 is 2.05 bits per heavy atom. The van der Waals surface area contributed by atoms with Crippen LogP contribution in [-0.2, 0) is 16.0 Å². The average Bonchev–Trinajstić information content (AvgIpc) is 2.83. The Balaban J connectivity index is 1.82. The third-order valence-corrected chi connectivity index (χ3v) is 3.50. The lowest BCUT2D eigenvalue weighted by Crippen LogP contribution is -2.46. The number of ether oxygens (including phenoxy) is 1. The van der Waals surface area contributed by atoms with Crippen molar-refractivity contribution in [3.8, 4) is 0 Å². The van der Waals surface area contributed by atoms with Gasteiger partial charge in [0.2, 0.25) is 5.91 Å². The molecule has 1 fully saturated rings. The van der Waals surface area contributed by atoms with Crippen LogP contribution in [0.5, 0.6) is 0 Å². The van der Waals surface area contributed by atoms with Gasteiger partial charge in [-0.1, -0.05) is 12.1 Å². The van der Waals surface area contributed by atoms with E-state index in [1.807, 2.05) is 6.92 Å². The smallest absolute Gasteiger partial charge is 0.335 e. The predicted octanol–water partition coefficient (Wildman–Crippen LogP) is 1.61. The average molecular weight is 277 g/mol. The summed E-state index contributed by atoms with van der Waals surface area (Å²) in [5.74, 6) is -0.941. The highest BCUT2D eigenvalue weighted by Crippen LogP contribution is 2.17. The number of rotatable bonds is 5. The molecule has 1 heterocycles. The molecule has 2 rings (SSSR count). The fraction of sp³-hybridized carbons (Fsp3) is 0.467. The first kappa shape index (κ1) is 14.5. The molecular formula is C15H19NO4. The van der Waals surface area contributed by atoms with Crippen molar-refractivity contribution in [2.75, 3.05) is 13.2 Å². The van der Waals surface area contributed by atoms with Gasteiger partial charge in [-0.15, -0.1) is 0 Å². The number of carboxylic acids is 1. The van der Waals surface area contributed by atoms with Crippen molar-refractivity contribution in [1.29, 1.82) is 0 Å². The third-order valence-electron chi connectivity index (χ3n) is 3.50. The number of nitrogens with one attached hydrogen (secondary N) is 1. The van der Waals surface area contributed by atoms with E-state index in [1.54, 1.807) is 24.3 Å². The summed E-state index contributed by atoms with van der Waals surface area (Å²) >= 11 is 0. The summed E-state index contributed by atoms with van der Waals surface area (Å²) in [6.45, 7) is 3.24. The van der Waals surface area contributed by atoms with E-state index in [4.69, 9.17) is 9.84 Å². The second kappa shape index (κ2) is 6.05. The molecule has 5 heteroatoms. The molecule has 5 nitrogen and oxygen atoms in total. The molecule has 0 spiro atoms. The lowest BCUT2D eigenvalue weighted by Gasteiger charge is -2.23. The molecule has 1 aromatic carbocycles. The summed E-state index contributed by atoms with van der Waals surface area (Å²) in [7, 11) is 0. The third kappa shape index (κ3) is 3.81. The Morgan fingerprint density at radius 1 is 1.35 bits per heavy atom. The second-order valence-corrected chi connectivity index (χ2v) is 5.41. The van der Waals surface area contributed by atoms with Gasteiger partial charge in [-0.2, -0.15) is 0 Å². The minimum Gasteiger partial charge on any atom is -0.478 e. The minimum atomic E-state index is -0.941. The van der Waals surface area contributed by atoms with Crippen molar-refractivity contribution >= 4 is 11.9 Å². The standard InChI is InChI=1S/C15H19NO4/c1-15(8-9-20-10-15)16-13(17)7-4-11-2-5-12(6-3-11)14(18)19/h2-3,5-6H,4,7-10H2,1H3,(H,16,17)(H,18,19)/t15-/m0/s1. The molecule has 20 heavy (non-hydrogen) atoms. The fourth-order valence-electron chi connectivity index (χ4n) is 2.24. The Kier molecular flexibility index (Phi) is 4.39. The van der Waals surface area contributed by atoms with Crippen LogP contribution in [0.25, 0.3) is 0 Å². The van der Waals surface area contributed by atoms with Crippen LogP contribution in [0.3, 0.4) is 0 Å². The van der Waals surface area contributed by atoms with Crippen LogP contribution in [0.4, 0.5) is 0 Å². The van der Waals surface area contributed by atoms with Crippen molar-refractivity contribution in [3.63, 3.8) is 0 Å². The molecule has 1 atom stereocenters. The number of hydrogen-bond donors (Lipinski definition) is 2. The number of hydrogen-bond acceptors (Lipinski definition) is 3. The zero-order valence-corrected chi connectivity index (χ0v) is 11.5. The molecule has 0 aromatic heterocycles. The first-order chi connectivity index (χ1) is 9.48. The lowest BCUT2D eigenvalue weighted by atomic mass is 10.0. The van der Waals surface area contributed by atoms with Crippen LogP contribution in [0.2, 0.25) is 0 Å². The van der Waals surface area contributed by atoms with E-state index in [2.05, 4.69) is 5.32 Å². The highest BCUT2D eigenvalue weighted by Gasteiger charge is 2.30. The van der Waals surface area contributed by atoms with Gasteiger partial charge in [0.25, 0.3) is 0 Å². The molecule has 1 saturated heterocycles. The number of carboxylic acid groups (broad SMARTS) is 1. The molecule has 1 amide bonds. The van der Waals surface area contributed by atoms with E-state index in [1.165, 1.54) is 0 Å². The molecule has 0 aliphatic carbocycles. The SMILES string of the molecule is C[C@]1(NC(=O)CCc2ccc(C(=O)O)cc2)CCOC1. The normalized spacial score (nSPS) is 21.6. The van der Waals surface area contributed by atoms with Crippen LogP contribution in [0.15, 0.2) is 24.3 Å². The van der Waals surface area contributed by atoms with Crippen molar-refractivity contribution in [2.45, 2.75) is 31.7 Å². The maximum Gasteiger partial charge on any atom is 0.335 e. The molecule has 2 N–H and O–H groups in total. The molecule has 1 aromatic rings. The molecular weight excluding hydrogens is 258 g/mol. The van der Waals surface area contributed by atoms with E-state index < -0.39 is 5.97 Å². The van der Waals surface area contributed by atoms with Crippen LogP contribution in [0.1, 0.15) is 35.7 Å². The van der Waals surface area contributed by atoms with Gasteiger partial charge >= 0.3 is 5.97 Å². The first-order valence-corrected chi connectivity index (χ1v) is 6.69. The van der Waals surface area contributed by atoms with Crippen LogP contribution in [0, 0.1) is 0 Å². The van der Waals surface area contributed by atoms with Gasteiger partial charge in [0.15, 0.2) is 0 Å².